The van der Waals surface area contributed by atoms with E-state index in [1.54, 1.807) is 25.2 Å². The van der Waals surface area contributed by atoms with Gasteiger partial charge in [0.1, 0.15) is 10.6 Å². The van der Waals surface area contributed by atoms with Crippen LogP contribution in [0.15, 0.2) is 75.9 Å². The number of carbonyl (C=O) groups excluding carboxylic acids is 2. The largest absolute Gasteiger partial charge is 0.465 e. The Morgan fingerprint density at radius 2 is 1.63 bits per heavy atom. The Balaban J connectivity index is 1.61. The van der Waals surface area contributed by atoms with Crippen LogP contribution < -0.4 is 10.5 Å². The van der Waals surface area contributed by atoms with Crippen molar-refractivity contribution in [2.45, 2.75) is 0 Å². The molecule has 0 bridgehead atoms. The van der Waals surface area contributed by atoms with Crippen LogP contribution in [0.5, 0.6) is 0 Å². The number of carbonyl (C=O) groups is 2. The van der Waals surface area contributed by atoms with E-state index in [2.05, 4.69) is 4.74 Å². The van der Waals surface area contributed by atoms with E-state index in [0.29, 0.717) is 20.8 Å². The van der Waals surface area contributed by atoms with E-state index < -0.39 is 11.6 Å². The van der Waals surface area contributed by atoms with Crippen molar-refractivity contribution in [3.05, 3.63) is 88.3 Å². The van der Waals surface area contributed by atoms with E-state index in [4.69, 9.17) is 4.42 Å². The molecule has 150 valence electrons. The number of thiophene rings is 1. The average molecular weight is 419 g/mol. The Labute approximate surface area is 175 Å². The maximum Gasteiger partial charge on any atom is 0.351 e. The predicted octanol–water partition coefficient (Wildman–Crippen LogP) is 4.58. The van der Waals surface area contributed by atoms with Crippen molar-refractivity contribution in [3.8, 4) is 11.1 Å². The van der Waals surface area contributed by atoms with Gasteiger partial charge in [-0.3, -0.25) is 4.79 Å². The lowest BCUT2D eigenvalue weighted by molar-refractivity contribution is 0.0596. The molecule has 0 radical (unpaired) electrons. The van der Waals surface area contributed by atoms with Gasteiger partial charge in [0.15, 0.2) is 5.58 Å². The SMILES string of the molecule is COC(=O)c1cc2sc(N(C)C(=O)c3ccc(-c4ccccc4)cc3)cc2oc1=O. The smallest absolute Gasteiger partial charge is 0.351 e. The number of rotatable bonds is 4. The zero-order chi connectivity index (χ0) is 21.3. The van der Waals surface area contributed by atoms with E-state index in [9.17, 15) is 14.4 Å². The number of hydrogen-bond donors (Lipinski definition) is 0. The minimum Gasteiger partial charge on any atom is -0.465 e. The summed E-state index contributed by atoms with van der Waals surface area (Å²) in [6, 6.07) is 20.3. The number of hydrogen-bond acceptors (Lipinski definition) is 6. The van der Waals surface area contributed by atoms with E-state index in [0.717, 1.165) is 11.1 Å². The second-order valence-corrected chi connectivity index (χ2v) is 7.62. The van der Waals surface area contributed by atoms with Crippen molar-refractivity contribution in [3.63, 3.8) is 0 Å². The maximum atomic E-state index is 12.9. The third-order valence-electron chi connectivity index (χ3n) is 4.69. The Morgan fingerprint density at radius 3 is 2.30 bits per heavy atom. The van der Waals surface area contributed by atoms with E-state index in [1.165, 1.54) is 29.4 Å². The van der Waals surface area contributed by atoms with Crippen molar-refractivity contribution in [1.82, 2.24) is 0 Å². The van der Waals surface area contributed by atoms with Crippen LogP contribution in [0.4, 0.5) is 5.00 Å². The van der Waals surface area contributed by atoms with E-state index >= 15 is 0 Å². The fourth-order valence-electron chi connectivity index (χ4n) is 3.05. The molecule has 2 aromatic heterocycles. The topological polar surface area (TPSA) is 76.8 Å². The lowest BCUT2D eigenvalue weighted by Crippen LogP contribution is -2.25. The summed E-state index contributed by atoms with van der Waals surface area (Å²) in [5, 5.41) is 0.590. The Morgan fingerprint density at radius 1 is 0.967 bits per heavy atom. The summed E-state index contributed by atoms with van der Waals surface area (Å²) in [7, 11) is 2.85. The molecule has 0 unspecified atom stereocenters. The first-order valence-corrected chi connectivity index (χ1v) is 9.89. The lowest BCUT2D eigenvalue weighted by Gasteiger charge is -2.15. The molecule has 7 heteroatoms. The van der Waals surface area contributed by atoms with Gasteiger partial charge in [0.05, 0.1) is 11.8 Å². The first-order chi connectivity index (χ1) is 14.5. The standard InChI is InChI=1S/C23H17NO5S/c1-24(20-13-18-19(30-20)12-17(22(26)28-2)23(27)29-18)21(25)16-10-8-15(9-11-16)14-6-4-3-5-7-14/h3-13H,1-2H3. The van der Waals surface area contributed by atoms with Crippen LogP contribution in [0.3, 0.4) is 0 Å². The molecule has 30 heavy (non-hydrogen) atoms. The summed E-state index contributed by atoms with van der Waals surface area (Å²) < 4.78 is 10.4. The fraction of sp³-hybridized carbons (Fsp3) is 0.0870. The second-order valence-electron chi connectivity index (χ2n) is 6.56. The van der Waals surface area contributed by atoms with Gasteiger partial charge in [-0.2, -0.15) is 0 Å². The highest BCUT2D eigenvalue weighted by Crippen LogP contribution is 2.32. The number of ether oxygens (including phenoxy) is 1. The van der Waals surface area contributed by atoms with E-state index in [-0.39, 0.29) is 11.5 Å². The number of fused-ring (bicyclic) bond motifs is 1. The van der Waals surface area contributed by atoms with Crippen molar-refractivity contribution in [1.29, 1.82) is 0 Å². The molecule has 0 saturated carbocycles. The highest BCUT2D eigenvalue weighted by atomic mass is 32.1. The number of methoxy groups -OCH3 is 1. The monoisotopic (exact) mass is 419 g/mol. The third-order valence-corrected chi connectivity index (χ3v) is 5.83. The maximum absolute atomic E-state index is 12.9. The van der Waals surface area contributed by atoms with Crippen molar-refractivity contribution >= 4 is 38.5 Å². The Kier molecular flexibility index (Phi) is 5.20. The number of benzene rings is 2. The minimum absolute atomic E-state index is 0.177. The molecule has 0 fully saturated rings. The zero-order valence-corrected chi connectivity index (χ0v) is 17.1. The molecule has 0 atom stereocenters. The molecule has 0 saturated heterocycles. The van der Waals surface area contributed by atoms with Gasteiger partial charge in [0.25, 0.3) is 5.91 Å². The summed E-state index contributed by atoms with van der Waals surface area (Å²) in [6.07, 6.45) is 0. The van der Waals surface area contributed by atoms with Crippen molar-refractivity contribution in [2.24, 2.45) is 0 Å². The first kappa shape index (κ1) is 19.6. The van der Waals surface area contributed by atoms with Crippen LogP contribution in [0, 0.1) is 0 Å². The molecule has 4 aromatic rings. The van der Waals surface area contributed by atoms with Gasteiger partial charge in [-0.15, -0.1) is 11.3 Å². The molecule has 0 spiro atoms. The quantitative estimate of drug-likeness (QED) is 0.453. The Hall–Kier alpha value is -3.71. The molecule has 6 nitrogen and oxygen atoms in total. The predicted molar refractivity (Wildman–Crippen MR) is 116 cm³/mol. The van der Waals surface area contributed by atoms with Gasteiger partial charge >= 0.3 is 11.6 Å². The summed E-state index contributed by atoms with van der Waals surface area (Å²) in [5.41, 5.74) is 1.99. The Bertz CT molecular complexity index is 1290. The summed E-state index contributed by atoms with van der Waals surface area (Å²) in [4.78, 5) is 38.1. The van der Waals surface area contributed by atoms with Crippen LogP contribution in [-0.2, 0) is 4.74 Å². The fourth-order valence-corrected chi connectivity index (χ4v) is 4.04. The molecule has 0 aliphatic rings. The number of esters is 1. The highest BCUT2D eigenvalue weighted by molar-refractivity contribution is 7.22. The van der Waals surface area contributed by atoms with Crippen molar-refractivity contribution < 1.29 is 18.7 Å². The number of nitrogens with zero attached hydrogens (tertiary/aromatic N) is 1. The van der Waals surface area contributed by atoms with Gasteiger partial charge < -0.3 is 14.1 Å². The van der Waals surface area contributed by atoms with Crippen LogP contribution in [0.2, 0.25) is 0 Å². The molecule has 4 rings (SSSR count). The summed E-state index contributed by atoms with van der Waals surface area (Å²) >= 11 is 1.24. The third kappa shape index (κ3) is 3.62. The molecule has 0 aliphatic carbocycles. The minimum atomic E-state index is -0.774. The molecule has 2 heterocycles. The van der Waals surface area contributed by atoms with Gasteiger partial charge in [0, 0.05) is 18.7 Å². The van der Waals surface area contributed by atoms with Gasteiger partial charge in [-0.25, -0.2) is 9.59 Å². The lowest BCUT2D eigenvalue weighted by atomic mass is 10.0. The van der Waals surface area contributed by atoms with Gasteiger partial charge in [0.2, 0.25) is 0 Å². The van der Waals surface area contributed by atoms with Crippen LogP contribution in [-0.4, -0.2) is 26.0 Å². The second kappa shape index (κ2) is 7.96. The van der Waals surface area contributed by atoms with E-state index in [1.807, 2.05) is 42.5 Å². The van der Waals surface area contributed by atoms with Crippen LogP contribution >= 0.6 is 11.3 Å². The highest BCUT2D eigenvalue weighted by Gasteiger charge is 2.20. The summed E-state index contributed by atoms with van der Waals surface area (Å²) in [6.45, 7) is 0. The van der Waals surface area contributed by atoms with Crippen LogP contribution in [0.25, 0.3) is 21.4 Å². The van der Waals surface area contributed by atoms with Gasteiger partial charge in [-0.05, 0) is 29.3 Å². The molecule has 0 N–H and O–H groups in total. The molecular weight excluding hydrogens is 402 g/mol. The number of amides is 1. The average Bonchev–Trinajstić information content (AvgIpc) is 3.20. The first-order valence-electron chi connectivity index (χ1n) is 9.07. The molecule has 0 aliphatic heterocycles. The van der Waals surface area contributed by atoms with Crippen LogP contribution in [0.1, 0.15) is 20.7 Å². The molecule has 2 aromatic carbocycles. The van der Waals surface area contributed by atoms with Gasteiger partial charge in [-0.1, -0.05) is 42.5 Å². The number of anilines is 1. The molecular formula is C23H17NO5S. The van der Waals surface area contributed by atoms with Crippen molar-refractivity contribution in [2.75, 3.05) is 19.1 Å². The molecule has 1 amide bonds. The summed E-state index contributed by atoms with van der Waals surface area (Å²) in [5.74, 6) is -0.958. The zero-order valence-electron chi connectivity index (χ0n) is 16.2. The normalized spacial score (nSPS) is 10.7.